The highest BCUT2D eigenvalue weighted by Crippen LogP contribution is 2.38. The first kappa shape index (κ1) is 20.7. The van der Waals surface area contributed by atoms with Crippen LogP contribution in [0.1, 0.15) is 32.6 Å². The summed E-state index contributed by atoms with van der Waals surface area (Å²) in [5, 5.41) is 59.1. The van der Waals surface area contributed by atoms with E-state index in [0.29, 0.717) is 23.1 Å². The topological polar surface area (TPSA) is 157 Å². The van der Waals surface area contributed by atoms with E-state index in [1.807, 2.05) is 0 Å². The van der Waals surface area contributed by atoms with Gasteiger partial charge in [0.05, 0.1) is 24.3 Å². The van der Waals surface area contributed by atoms with Gasteiger partial charge >= 0.3 is 0 Å². The van der Waals surface area contributed by atoms with E-state index in [4.69, 9.17) is 9.47 Å². The van der Waals surface area contributed by atoms with Gasteiger partial charge in [-0.2, -0.15) is 0 Å². The molecule has 0 spiro atoms. The first-order chi connectivity index (χ1) is 14.3. The molecule has 0 aromatic heterocycles. The third-order valence-electron chi connectivity index (χ3n) is 5.48. The van der Waals surface area contributed by atoms with Crippen molar-refractivity contribution in [1.29, 1.82) is 0 Å². The fraction of sp³-hybridized carbons (Fsp3) is 0.381. The highest BCUT2D eigenvalue weighted by molar-refractivity contribution is 6.15. The third-order valence-corrected chi connectivity index (χ3v) is 5.48. The van der Waals surface area contributed by atoms with Crippen LogP contribution in [0.25, 0.3) is 0 Å². The van der Waals surface area contributed by atoms with Crippen LogP contribution in [0.2, 0.25) is 0 Å². The Bertz CT molecular complexity index is 971. The highest BCUT2D eigenvalue weighted by Gasteiger charge is 2.45. The van der Waals surface area contributed by atoms with Gasteiger partial charge in [0.2, 0.25) is 12.1 Å². The van der Waals surface area contributed by atoms with Crippen LogP contribution in [0.4, 0.5) is 0 Å². The van der Waals surface area contributed by atoms with Gasteiger partial charge in [0.15, 0.2) is 0 Å². The molecule has 5 atom stereocenters. The van der Waals surface area contributed by atoms with Crippen LogP contribution < -0.4 is 4.74 Å². The van der Waals surface area contributed by atoms with Crippen molar-refractivity contribution in [2.75, 3.05) is 6.61 Å². The highest BCUT2D eigenvalue weighted by atomic mass is 16.7. The molecular weight excluding hydrogens is 396 g/mol. The molecule has 9 nitrogen and oxygen atoms in total. The number of ether oxygens (including phenoxy) is 2. The van der Waals surface area contributed by atoms with Crippen LogP contribution >= 0.6 is 0 Å². The summed E-state index contributed by atoms with van der Waals surface area (Å²) in [6.07, 6.45) is -7.04. The number of hydrogen-bond acceptors (Lipinski definition) is 9. The van der Waals surface area contributed by atoms with Crippen molar-refractivity contribution >= 4 is 5.78 Å². The zero-order chi connectivity index (χ0) is 21.6. The van der Waals surface area contributed by atoms with E-state index >= 15 is 0 Å². The Kier molecular flexibility index (Phi) is 5.49. The number of aromatic hydroxyl groups is 1. The van der Waals surface area contributed by atoms with Gasteiger partial charge in [-0.1, -0.05) is 18.2 Å². The number of phenols is 1. The van der Waals surface area contributed by atoms with E-state index in [-0.39, 0.29) is 29.2 Å². The first-order valence-electron chi connectivity index (χ1n) is 9.45. The molecular formula is C21H22O9. The average Bonchev–Trinajstić information content (AvgIpc) is 2.73. The second kappa shape index (κ2) is 7.95. The maximum absolute atomic E-state index is 13.2. The molecule has 160 valence electrons. The summed E-state index contributed by atoms with van der Waals surface area (Å²) in [5.74, 6) is -0.679. The number of fused-ring (bicyclic) bond motifs is 2. The maximum atomic E-state index is 13.2. The van der Waals surface area contributed by atoms with E-state index in [2.05, 4.69) is 0 Å². The van der Waals surface area contributed by atoms with Crippen LogP contribution in [0.3, 0.4) is 0 Å². The number of benzene rings is 2. The van der Waals surface area contributed by atoms with Crippen LogP contribution in [-0.2, 0) is 17.8 Å². The second-order valence-corrected chi connectivity index (χ2v) is 7.42. The Morgan fingerprint density at radius 3 is 2.47 bits per heavy atom. The summed E-state index contributed by atoms with van der Waals surface area (Å²) >= 11 is 0. The van der Waals surface area contributed by atoms with Crippen molar-refractivity contribution in [3.63, 3.8) is 0 Å². The molecule has 2 aliphatic rings. The molecule has 0 radical (unpaired) electrons. The molecule has 9 heteroatoms. The molecule has 0 bridgehead atoms. The monoisotopic (exact) mass is 418 g/mol. The zero-order valence-electron chi connectivity index (χ0n) is 15.8. The zero-order valence-corrected chi connectivity index (χ0v) is 15.8. The lowest BCUT2D eigenvalue weighted by Crippen LogP contribution is -2.60. The minimum absolute atomic E-state index is 0.0677. The van der Waals surface area contributed by atoms with E-state index in [1.165, 1.54) is 12.1 Å². The summed E-state index contributed by atoms with van der Waals surface area (Å²) < 4.78 is 11.1. The van der Waals surface area contributed by atoms with Gasteiger partial charge in [-0.3, -0.25) is 4.79 Å². The van der Waals surface area contributed by atoms with E-state index < -0.39 is 43.1 Å². The first-order valence-corrected chi connectivity index (χ1v) is 9.45. The van der Waals surface area contributed by atoms with E-state index in [1.54, 1.807) is 18.2 Å². The quantitative estimate of drug-likeness (QED) is 0.319. The molecule has 30 heavy (non-hydrogen) atoms. The van der Waals surface area contributed by atoms with Gasteiger partial charge in [0.25, 0.3) is 0 Å². The smallest absolute Gasteiger partial charge is 0.229 e. The third kappa shape index (κ3) is 3.35. The number of hydrogen-bond donors (Lipinski definition) is 6. The van der Waals surface area contributed by atoms with Crippen LogP contribution in [0.5, 0.6) is 11.5 Å². The van der Waals surface area contributed by atoms with Gasteiger partial charge in [-0.05, 0) is 35.2 Å². The molecule has 1 heterocycles. The van der Waals surface area contributed by atoms with Crippen LogP contribution in [0.15, 0.2) is 30.3 Å². The van der Waals surface area contributed by atoms with Crippen molar-refractivity contribution in [3.8, 4) is 11.5 Å². The molecule has 1 aliphatic heterocycles. The molecule has 1 aliphatic carbocycles. The molecule has 2 aromatic rings. The number of aliphatic hydroxyl groups is 5. The standard InChI is InChI=1S/C21H22O9/c22-7-9-4-11-6-10-2-1-3-13(16(10)18(26)15(11)12(24)5-9)29-21-20(28)19(27)17(25)14(8-23)30-21/h1-5,14,17,19-25,27-28H,6-8H2/t14-,17-,19+,20-,21-/m0/s1. The Hall–Kier alpha value is -2.53. The lowest BCUT2D eigenvalue weighted by Gasteiger charge is -2.39. The molecule has 4 rings (SSSR count). The van der Waals surface area contributed by atoms with E-state index in [0.717, 1.165) is 0 Å². The average molecular weight is 418 g/mol. The number of phenolic OH excluding ortho intramolecular Hbond substituents is 1. The van der Waals surface area contributed by atoms with Gasteiger partial charge in [-0.25, -0.2) is 0 Å². The van der Waals surface area contributed by atoms with Crippen LogP contribution in [-0.4, -0.2) is 73.7 Å². The SMILES string of the molecule is O=C1c2c(O)cc(CO)cc2Cc2cccc(O[C@H]3O[C@@H](CO)[C@H](O)[C@@H](O)[C@@H]3O)c21. The lowest BCUT2D eigenvalue weighted by molar-refractivity contribution is -0.277. The van der Waals surface area contributed by atoms with Crippen LogP contribution in [0, 0.1) is 0 Å². The molecule has 0 unspecified atom stereocenters. The van der Waals surface area contributed by atoms with Gasteiger partial charge in [0, 0.05) is 0 Å². The predicted molar refractivity (Wildman–Crippen MR) is 101 cm³/mol. The Labute approximate surface area is 171 Å². The Morgan fingerprint density at radius 2 is 1.77 bits per heavy atom. The summed E-state index contributed by atoms with van der Waals surface area (Å²) in [6, 6.07) is 7.83. The van der Waals surface area contributed by atoms with Crippen molar-refractivity contribution < 1.29 is 44.9 Å². The largest absolute Gasteiger partial charge is 0.507 e. The van der Waals surface area contributed by atoms with Crippen molar-refractivity contribution in [2.45, 2.75) is 43.7 Å². The predicted octanol–water partition coefficient (Wildman–Crippen LogP) is -0.802. The van der Waals surface area contributed by atoms with Gasteiger partial charge in [0.1, 0.15) is 35.9 Å². The summed E-state index contributed by atoms with van der Waals surface area (Å²) in [4.78, 5) is 13.2. The fourth-order valence-electron chi connectivity index (χ4n) is 3.94. The Morgan fingerprint density at radius 1 is 1.00 bits per heavy atom. The molecule has 0 amide bonds. The number of ketones is 1. The normalized spacial score (nSPS) is 28.0. The number of carbonyl (C=O) groups is 1. The van der Waals surface area contributed by atoms with E-state index in [9.17, 15) is 35.4 Å². The lowest BCUT2D eigenvalue weighted by atomic mass is 9.83. The number of aliphatic hydroxyl groups excluding tert-OH is 5. The summed E-state index contributed by atoms with van der Waals surface area (Å²) in [5.41, 5.74) is 1.94. The van der Waals surface area contributed by atoms with Crippen molar-refractivity contribution in [1.82, 2.24) is 0 Å². The van der Waals surface area contributed by atoms with Crippen molar-refractivity contribution in [2.24, 2.45) is 0 Å². The summed E-state index contributed by atoms with van der Waals surface area (Å²) in [6.45, 7) is -0.882. The fourth-order valence-corrected chi connectivity index (χ4v) is 3.94. The van der Waals surface area contributed by atoms with Crippen molar-refractivity contribution in [3.05, 3.63) is 58.1 Å². The minimum atomic E-state index is -1.62. The minimum Gasteiger partial charge on any atom is -0.507 e. The number of carbonyl (C=O) groups excluding carboxylic acids is 1. The second-order valence-electron chi connectivity index (χ2n) is 7.42. The Balaban J connectivity index is 1.69. The molecule has 1 fully saturated rings. The molecule has 2 aromatic carbocycles. The number of rotatable bonds is 4. The molecule has 0 saturated carbocycles. The van der Waals surface area contributed by atoms with Gasteiger partial charge in [-0.15, -0.1) is 0 Å². The van der Waals surface area contributed by atoms with Gasteiger partial charge < -0.3 is 40.1 Å². The molecule has 6 N–H and O–H groups in total. The summed E-state index contributed by atoms with van der Waals surface area (Å²) in [7, 11) is 0. The molecule has 1 saturated heterocycles. The maximum Gasteiger partial charge on any atom is 0.229 e.